The Labute approximate surface area is 116 Å². The van der Waals surface area contributed by atoms with E-state index >= 15 is 0 Å². The highest BCUT2D eigenvalue weighted by Gasteiger charge is 2.06. The van der Waals surface area contributed by atoms with E-state index in [2.05, 4.69) is 0 Å². The second-order valence-electron chi connectivity index (χ2n) is 4.12. The highest BCUT2D eigenvalue weighted by atomic mass is 35.5. The van der Waals surface area contributed by atoms with E-state index in [0.717, 1.165) is 16.7 Å². The van der Waals surface area contributed by atoms with Crippen molar-refractivity contribution in [2.75, 3.05) is 7.11 Å². The Morgan fingerprint density at radius 3 is 2.58 bits per heavy atom. The normalized spacial score (nSPS) is 10.2. The van der Waals surface area contributed by atoms with Gasteiger partial charge in [-0.25, -0.2) is 0 Å². The van der Waals surface area contributed by atoms with Crippen molar-refractivity contribution in [2.24, 2.45) is 0 Å². The Kier molecular flexibility index (Phi) is 4.07. The summed E-state index contributed by atoms with van der Waals surface area (Å²) in [6, 6.07) is 12.9. The van der Waals surface area contributed by atoms with Crippen molar-refractivity contribution in [3.8, 4) is 16.9 Å². The average Bonchev–Trinajstić information content (AvgIpc) is 2.38. The van der Waals surface area contributed by atoms with E-state index in [-0.39, 0.29) is 6.42 Å². The molecule has 0 heterocycles. The van der Waals surface area contributed by atoms with Crippen LogP contribution in [0.15, 0.2) is 42.5 Å². The molecule has 0 aromatic heterocycles. The molecule has 0 aliphatic heterocycles. The number of carbonyl (C=O) groups is 1. The van der Waals surface area contributed by atoms with Gasteiger partial charge in [-0.1, -0.05) is 41.9 Å². The molecular weight excluding hydrogens is 264 g/mol. The molecule has 0 spiro atoms. The van der Waals surface area contributed by atoms with Crippen LogP contribution in [0.2, 0.25) is 5.02 Å². The van der Waals surface area contributed by atoms with E-state index in [9.17, 15) is 4.79 Å². The van der Waals surface area contributed by atoms with Gasteiger partial charge in [0.2, 0.25) is 0 Å². The van der Waals surface area contributed by atoms with Crippen molar-refractivity contribution in [1.29, 1.82) is 0 Å². The smallest absolute Gasteiger partial charge is 0.307 e. The Morgan fingerprint density at radius 1 is 1.21 bits per heavy atom. The molecule has 0 saturated heterocycles. The molecule has 0 saturated carbocycles. The molecule has 0 aliphatic carbocycles. The van der Waals surface area contributed by atoms with Crippen LogP contribution in [0.25, 0.3) is 11.1 Å². The fourth-order valence-corrected chi connectivity index (χ4v) is 2.14. The highest BCUT2D eigenvalue weighted by molar-refractivity contribution is 6.32. The van der Waals surface area contributed by atoms with Gasteiger partial charge in [0.1, 0.15) is 5.75 Å². The summed E-state index contributed by atoms with van der Waals surface area (Å²) >= 11 is 6.08. The first-order valence-corrected chi connectivity index (χ1v) is 6.12. The van der Waals surface area contributed by atoms with Gasteiger partial charge in [-0.2, -0.15) is 0 Å². The topological polar surface area (TPSA) is 46.5 Å². The first kappa shape index (κ1) is 13.4. The molecule has 98 valence electrons. The van der Waals surface area contributed by atoms with E-state index in [1.165, 1.54) is 0 Å². The van der Waals surface area contributed by atoms with Crippen LogP contribution < -0.4 is 4.74 Å². The summed E-state index contributed by atoms with van der Waals surface area (Å²) in [5, 5.41) is 9.33. The maximum Gasteiger partial charge on any atom is 0.307 e. The summed E-state index contributed by atoms with van der Waals surface area (Å²) in [6.07, 6.45) is 0.0116. The highest BCUT2D eigenvalue weighted by Crippen LogP contribution is 2.30. The lowest BCUT2D eigenvalue weighted by Gasteiger charge is -2.07. The van der Waals surface area contributed by atoms with E-state index in [4.69, 9.17) is 21.4 Å². The SMILES string of the molecule is COc1ccc(-c2cccc(CC(=O)O)c2)cc1Cl. The van der Waals surface area contributed by atoms with Crippen molar-refractivity contribution in [3.05, 3.63) is 53.1 Å². The molecule has 1 N–H and O–H groups in total. The maximum atomic E-state index is 10.7. The van der Waals surface area contributed by atoms with Crippen LogP contribution in [0.4, 0.5) is 0 Å². The lowest BCUT2D eigenvalue weighted by molar-refractivity contribution is -0.136. The number of methoxy groups -OCH3 is 1. The van der Waals surface area contributed by atoms with Crippen molar-refractivity contribution in [1.82, 2.24) is 0 Å². The minimum atomic E-state index is -0.843. The Hall–Kier alpha value is -2.00. The monoisotopic (exact) mass is 276 g/mol. The van der Waals surface area contributed by atoms with Gasteiger partial charge in [-0.05, 0) is 28.8 Å². The second-order valence-corrected chi connectivity index (χ2v) is 4.53. The lowest BCUT2D eigenvalue weighted by atomic mass is 10.0. The fraction of sp³-hybridized carbons (Fsp3) is 0.133. The molecule has 2 aromatic rings. The van der Waals surface area contributed by atoms with Gasteiger partial charge in [0.05, 0.1) is 18.6 Å². The Morgan fingerprint density at radius 2 is 1.95 bits per heavy atom. The third kappa shape index (κ3) is 3.26. The van der Waals surface area contributed by atoms with Gasteiger partial charge >= 0.3 is 5.97 Å². The van der Waals surface area contributed by atoms with Crippen LogP contribution in [-0.2, 0) is 11.2 Å². The molecule has 2 rings (SSSR count). The van der Waals surface area contributed by atoms with E-state index in [1.807, 2.05) is 24.3 Å². The predicted molar refractivity (Wildman–Crippen MR) is 74.8 cm³/mol. The van der Waals surface area contributed by atoms with Gasteiger partial charge in [0.25, 0.3) is 0 Å². The van der Waals surface area contributed by atoms with Crippen LogP contribution in [0.5, 0.6) is 5.75 Å². The van der Waals surface area contributed by atoms with E-state index < -0.39 is 5.97 Å². The van der Waals surface area contributed by atoms with Crippen molar-refractivity contribution in [2.45, 2.75) is 6.42 Å². The summed E-state index contributed by atoms with van der Waals surface area (Å²) in [7, 11) is 1.56. The zero-order chi connectivity index (χ0) is 13.8. The molecule has 0 bridgehead atoms. The largest absolute Gasteiger partial charge is 0.495 e. The number of hydrogen-bond donors (Lipinski definition) is 1. The molecular formula is C15H13ClO3. The van der Waals surface area contributed by atoms with Crippen LogP contribution >= 0.6 is 11.6 Å². The summed E-state index contributed by atoms with van der Waals surface area (Å²) in [5.74, 6) is -0.225. The quantitative estimate of drug-likeness (QED) is 0.927. The Balaban J connectivity index is 2.36. The fourth-order valence-electron chi connectivity index (χ4n) is 1.88. The molecule has 0 aliphatic rings. The van der Waals surface area contributed by atoms with Crippen LogP contribution in [0.1, 0.15) is 5.56 Å². The van der Waals surface area contributed by atoms with Crippen LogP contribution in [0, 0.1) is 0 Å². The molecule has 0 unspecified atom stereocenters. The van der Waals surface area contributed by atoms with Crippen molar-refractivity contribution in [3.63, 3.8) is 0 Å². The molecule has 0 radical (unpaired) electrons. The minimum Gasteiger partial charge on any atom is -0.495 e. The molecule has 0 atom stereocenters. The third-order valence-corrected chi connectivity index (χ3v) is 3.06. The number of aliphatic carboxylic acids is 1. The molecule has 4 heteroatoms. The summed E-state index contributed by atoms with van der Waals surface area (Å²) in [5.41, 5.74) is 2.62. The molecule has 3 nitrogen and oxygen atoms in total. The van der Waals surface area contributed by atoms with Crippen LogP contribution in [-0.4, -0.2) is 18.2 Å². The zero-order valence-electron chi connectivity index (χ0n) is 10.4. The third-order valence-electron chi connectivity index (χ3n) is 2.77. The van der Waals surface area contributed by atoms with Crippen LogP contribution in [0.3, 0.4) is 0 Å². The number of benzene rings is 2. The van der Waals surface area contributed by atoms with Gasteiger partial charge in [0, 0.05) is 0 Å². The zero-order valence-corrected chi connectivity index (χ0v) is 11.1. The summed E-state index contributed by atoms with van der Waals surface area (Å²) in [4.78, 5) is 10.7. The van der Waals surface area contributed by atoms with Gasteiger partial charge in [-0.3, -0.25) is 4.79 Å². The molecule has 0 fully saturated rings. The summed E-state index contributed by atoms with van der Waals surface area (Å²) < 4.78 is 5.10. The minimum absolute atomic E-state index is 0.0116. The van der Waals surface area contributed by atoms with Gasteiger partial charge < -0.3 is 9.84 Å². The molecule has 0 amide bonds. The van der Waals surface area contributed by atoms with Gasteiger partial charge in [-0.15, -0.1) is 0 Å². The van der Waals surface area contributed by atoms with Crippen molar-refractivity contribution >= 4 is 17.6 Å². The lowest BCUT2D eigenvalue weighted by Crippen LogP contribution is -1.99. The first-order valence-electron chi connectivity index (χ1n) is 5.75. The van der Waals surface area contributed by atoms with E-state index in [1.54, 1.807) is 25.3 Å². The first-order chi connectivity index (χ1) is 9.10. The Bertz CT molecular complexity index is 608. The number of ether oxygens (including phenoxy) is 1. The standard InChI is InChI=1S/C15H13ClO3/c1-19-14-6-5-12(9-13(14)16)11-4-2-3-10(7-11)8-15(17)18/h2-7,9H,8H2,1H3,(H,17,18). The number of hydrogen-bond acceptors (Lipinski definition) is 2. The van der Waals surface area contributed by atoms with Crippen molar-refractivity contribution < 1.29 is 14.6 Å². The summed E-state index contributed by atoms with van der Waals surface area (Å²) in [6.45, 7) is 0. The molecule has 19 heavy (non-hydrogen) atoms. The van der Waals surface area contributed by atoms with Gasteiger partial charge in [0.15, 0.2) is 0 Å². The number of rotatable bonds is 4. The molecule has 2 aromatic carbocycles. The number of carboxylic acid groups (broad SMARTS) is 1. The number of halogens is 1. The second kappa shape index (κ2) is 5.76. The maximum absolute atomic E-state index is 10.7. The predicted octanol–water partition coefficient (Wildman–Crippen LogP) is 3.64. The van der Waals surface area contributed by atoms with E-state index in [0.29, 0.717) is 10.8 Å². The number of carboxylic acids is 1. The average molecular weight is 277 g/mol.